The van der Waals surface area contributed by atoms with Crippen LogP contribution in [0.1, 0.15) is 31.9 Å². The summed E-state index contributed by atoms with van der Waals surface area (Å²) >= 11 is 0. The molecule has 0 unspecified atom stereocenters. The van der Waals surface area contributed by atoms with E-state index in [9.17, 15) is 9.59 Å². The Morgan fingerprint density at radius 3 is 2.57 bits per heavy atom. The van der Waals surface area contributed by atoms with Crippen molar-refractivity contribution in [1.29, 1.82) is 0 Å². The molecule has 2 aromatic rings. The van der Waals surface area contributed by atoms with Crippen LogP contribution < -0.4 is 5.69 Å². The van der Waals surface area contributed by atoms with E-state index in [1.165, 1.54) is 26.7 Å². The normalized spacial score (nSPS) is 14.7. The third-order valence-electron chi connectivity index (χ3n) is 4.16. The molecule has 0 saturated carbocycles. The zero-order valence-electron chi connectivity index (χ0n) is 13.8. The average molecular weight is 314 g/mol. The molecule has 0 saturated heterocycles. The van der Waals surface area contributed by atoms with Crippen molar-refractivity contribution in [3.8, 4) is 0 Å². The van der Waals surface area contributed by atoms with Gasteiger partial charge in [0.05, 0.1) is 5.54 Å². The van der Waals surface area contributed by atoms with Crippen LogP contribution in [0.15, 0.2) is 35.4 Å². The second-order valence-electron chi connectivity index (χ2n) is 6.96. The first kappa shape index (κ1) is 15.5. The average Bonchev–Trinajstić information content (AvgIpc) is 2.88. The van der Waals surface area contributed by atoms with Crippen molar-refractivity contribution in [3.63, 3.8) is 0 Å². The number of carbonyl (C=O) groups is 1. The van der Waals surface area contributed by atoms with Crippen molar-refractivity contribution < 1.29 is 4.79 Å². The lowest BCUT2D eigenvalue weighted by atomic mass is 10.00. The first-order valence-corrected chi connectivity index (χ1v) is 7.86. The quantitative estimate of drug-likeness (QED) is 0.841. The lowest BCUT2D eigenvalue weighted by Crippen LogP contribution is -2.41. The van der Waals surface area contributed by atoms with Gasteiger partial charge < -0.3 is 4.90 Å². The van der Waals surface area contributed by atoms with E-state index >= 15 is 0 Å². The molecule has 1 aromatic heterocycles. The third-order valence-corrected chi connectivity index (χ3v) is 4.16. The van der Waals surface area contributed by atoms with Gasteiger partial charge in [0.15, 0.2) is 0 Å². The van der Waals surface area contributed by atoms with Crippen molar-refractivity contribution in [2.24, 2.45) is 0 Å². The fourth-order valence-corrected chi connectivity index (χ4v) is 2.86. The number of carbonyl (C=O) groups excluding carboxylic acids is 1. The zero-order valence-corrected chi connectivity index (χ0v) is 13.8. The van der Waals surface area contributed by atoms with Crippen LogP contribution in [-0.4, -0.2) is 31.7 Å². The van der Waals surface area contributed by atoms with Gasteiger partial charge in [0.25, 0.3) is 0 Å². The van der Waals surface area contributed by atoms with Crippen LogP contribution in [0, 0.1) is 0 Å². The maximum absolute atomic E-state index is 12.5. The number of rotatable bonds is 2. The summed E-state index contributed by atoms with van der Waals surface area (Å²) in [5.74, 6) is -0.0462. The molecule has 0 fully saturated rings. The van der Waals surface area contributed by atoms with Crippen LogP contribution in [0.25, 0.3) is 0 Å². The van der Waals surface area contributed by atoms with Gasteiger partial charge in [-0.15, -0.1) is 0 Å². The van der Waals surface area contributed by atoms with Crippen LogP contribution in [-0.2, 0) is 29.8 Å². The van der Waals surface area contributed by atoms with E-state index < -0.39 is 5.54 Å². The van der Waals surface area contributed by atoms with Crippen LogP contribution in [0.5, 0.6) is 0 Å². The van der Waals surface area contributed by atoms with Gasteiger partial charge in [0.2, 0.25) is 5.91 Å². The predicted molar refractivity (Wildman–Crippen MR) is 87.0 cm³/mol. The zero-order chi connectivity index (χ0) is 16.6. The molecule has 0 bridgehead atoms. The van der Waals surface area contributed by atoms with Crippen LogP contribution in [0.4, 0.5) is 0 Å². The summed E-state index contributed by atoms with van der Waals surface area (Å²) in [5, 5.41) is 4.12. The molecule has 1 aliphatic heterocycles. The summed E-state index contributed by atoms with van der Waals surface area (Å²) in [6.07, 6.45) is 2.31. The number of aromatic nitrogens is 3. The van der Waals surface area contributed by atoms with E-state index in [1.807, 2.05) is 37.8 Å². The molecule has 0 N–H and O–H groups in total. The summed E-state index contributed by atoms with van der Waals surface area (Å²) < 4.78 is 2.79. The summed E-state index contributed by atoms with van der Waals surface area (Å²) in [6, 6.07) is 8.18. The van der Waals surface area contributed by atoms with Gasteiger partial charge in [-0.1, -0.05) is 24.3 Å². The maximum Gasteiger partial charge on any atom is 0.346 e. The Bertz CT molecular complexity index is 782. The highest BCUT2D eigenvalue weighted by molar-refractivity contribution is 5.76. The Morgan fingerprint density at radius 2 is 1.91 bits per heavy atom. The molecule has 3 rings (SSSR count). The molecule has 1 amide bonds. The molecule has 6 nitrogen and oxygen atoms in total. The van der Waals surface area contributed by atoms with E-state index in [0.29, 0.717) is 13.1 Å². The summed E-state index contributed by atoms with van der Waals surface area (Å²) in [5.41, 5.74) is 1.84. The minimum atomic E-state index is -0.393. The largest absolute Gasteiger partial charge is 0.346 e. The highest BCUT2D eigenvalue weighted by Crippen LogP contribution is 2.18. The lowest BCUT2D eigenvalue weighted by molar-refractivity contribution is -0.132. The molecule has 1 aliphatic rings. The molecule has 2 heterocycles. The predicted octanol–water partition coefficient (Wildman–Crippen LogP) is 1.38. The van der Waals surface area contributed by atoms with E-state index in [0.717, 1.165) is 6.42 Å². The van der Waals surface area contributed by atoms with E-state index in [4.69, 9.17) is 0 Å². The van der Waals surface area contributed by atoms with Gasteiger partial charge in [-0.05, 0) is 38.3 Å². The smallest absolute Gasteiger partial charge is 0.336 e. The van der Waals surface area contributed by atoms with Crippen molar-refractivity contribution in [2.75, 3.05) is 6.54 Å². The van der Waals surface area contributed by atoms with Gasteiger partial charge in [-0.25, -0.2) is 9.48 Å². The van der Waals surface area contributed by atoms with Crippen LogP contribution >= 0.6 is 0 Å². The van der Waals surface area contributed by atoms with Crippen molar-refractivity contribution in [1.82, 2.24) is 19.2 Å². The molecule has 0 spiro atoms. The highest BCUT2D eigenvalue weighted by atomic mass is 16.2. The summed E-state index contributed by atoms with van der Waals surface area (Å²) in [4.78, 5) is 26.7. The van der Waals surface area contributed by atoms with Gasteiger partial charge in [-0.2, -0.15) is 5.10 Å². The van der Waals surface area contributed by atoms with Crippen molar-refractivity contribution in [2.45, 2.75) is 45.8 Å². The molecule has 23 heavy (non-hydrogen) atoms. The second-order valence-corrected chi connectivity index (χ2v) is 6.96. The Morgan fingerprint density at radius 1 is 1.22 bits per heavy atom. The number of fused-ring (bicyclic) bond motifs is 1. The first-order valence-electron chi connectivity index (χ1n) is 7.86. The number of amides is 1. The summed E-state index contributed by atoms with van der Waals surface area (Å²) in [6.45, 7) is 7.08. The molecule has 0 aliphatic carbocycles. The minimum Gasteiger partial charge on any atom is -0.336 e. The Balaban J connectivity index is 1.74. The molecule has 0 radical (unpaired) electrons. The lowest BCUT2D eigenvalue weighted by Gasteiger charge is -2.28. The molecular weight excluding hydrogens is 292 g/mol. The van der Waals surface area contributed by atoms with Crippen LogP contribution in [0.2, 0.25) is 0 Å². The monoisotopic (exact) mass is 314 g/mol. The Kier molecular flexibility index (Phi) is 3.83. The van der Waals surface area contributed by atoms with Gasteiger partial charge in [0.1, 0.15) is 12.9 Å². The van der Waals surface area contributed by atoms with Crippen LogP contribution in [0.3, 0.4) is 0 Å². The van der Waals surface area contributed by atoms with E-state index in [-0.39, 0.29) is 18.1 Å². The number of benzene rings is 1. The van der Waals surface area contributed by atoms with E-state index in [2.05, 4.69) is 17.2 Å². The number of hydrogen-bond acceptors (Lipinski definition) is 3. The van der Waals surface area contributed by atoms with Crippen molar-refractivity contribution >= 4 is 5.91 Å². The molecule has 6 heteroatoms. The standard InChI is InChI=1S/C17H22N4O2/c1-17(2,3)21-16(23)20(12-18-21)11-15(22)19-9-8-13-6-4-5-7-14(13)10-19/h4-7,12H,8-11H2,1-3H3. The van der Waals surface area contributed by atoms with Gasteiger partial charge in [0, 0.05) is 13.1 Å². The molecular formula is C17H22N4O2. The first-order chi connectivity index (χ1) is 10.9. The fraction of sp³-hybridized carbons (Fsp3) is 0.471. The molecule has 1 aromatic carbocycles. The number of hydrogen-bond donors (Lipinski definition) is 0. The Hall–Kier alpha value is -2.37. The van der Waals surface area contributed by atoms with Gasteiger partial charge in [-0.3, -0.25) is 9.36 Å². The number of nitrogens with zero attached hydrogens (tertiary/aromatic N) is 4. The SMILES string of the molecule is CC(C)(C)n1ncn(CC(=O)N2CCc3ccccc3C2)c1=O. The molecule has 122 valence electrons. The second kappa shape index (κ2) is 5.68. The van der Waals surface area contributed by atoms with Crippen molar-refractivity contribution in [3.05, 3.63) is 52.2 Å². The molecule has 0 atom stereocenters. The topological polar surface area (TPSA) is 60.1 Å². The van der Waals surface area contributed by atoms with E-state index in [1.54, 1.807) is 0 Å². The third kappa shape index (κ3) is 3.06. The Labute approximate surface area is 135 Å². The highest BCUT2D eigenvalue weighted by Gasteiger charge is 2.23. The summed E-state index contributed by atoms with van der Waals surface area (Å²) in [7, 11) is 0. The minimum absolute atomic E-state index is 0.0388. The maximum atomic E-state index is 12.5. The fourth-order valence-electron chi connectivity index (χ4n) is 2.86. The van der Waals surface area contributed by atoms with Gasteiger partial charge >= 0.3 is 5.69 Å².